The van der Waals surface area contributed by atoms with Crippen LogP contribution in [0.1, 0.15) is 36.8 Å². The molecule has 1 aliphatic heterocycles. The fourth-order valence-electron chi connectivity index (χ4n) is 3.57. The van der Waals surface area contributed by atoms with Gasteiger partial charge in [0.25, 0.3) is 0 Å². The van der Waals surface area contributed by atoms with Crippen LogP contribution in [0.3, 0.4) is 0 Å². The minimum atomic E-state index is -0.202. The summed E-state index contributed by atoms with van der Waals surface area (Å²) in [5.74, 6) is 1.42. The number of halogens is 1. The van der Waals surface area contributed by atoms with Crippen molar-refractivity contribution in [3.8, 4) is 0 Å². The maximum atomic E-state index is 11.7. The molecule has 1 amide bonds. The molecular weight excluding hydrogens is 443 g/mol. The number of hydrogen-bond acceptors (Lipinski definition) is 3. The summed E-state index contributed by atoms with van der Waals surface area (Å²) in [7, 11) is 1.80. The van der Waals surface area contributed by atoms with Crippen LogP contribution < -0.4 is 10.6 Å². The van der Waals surface area contributed by atoms with Gasteiger partial charge in [0.05, 0.1) is 6.61 Å². The lowest BCUT2D eigenvalue weighted by Gasteiger charge is -2.33. The molecule has 0 bridgehead atoms. The number of fused-ring (bicyclic) bond motifs is 1. The van der Waals surface area contributed by atoms with Crippen molar-refractivity contribution in [3.05, 3.63) is 35.4 Å². The number of carbonyl (C=O) groups is 1. The normalized spacial score (nSPS) is 19.7. The largest absolute Gasteiger partial charge is 0.450 e. The Kier molecular flexibility index (Phi) is 7.99. The van der Waals surface area contributed by atoms with E-state index in [-0.39, 0.29) is 30.1 Å². The lowest BCUT2D eigenvalue weighted by molar-refractivity contribution is 0.0963. The quantitative estimate of drug-likeness (QED) is 0.402. The van der Waals surface area contributed by atoms with Crippen LogP contribution in [0.25, 0.3) is 0 Å². The van der Waals surface area contributed by atoms with Crippen molar-refractivity contribution in [2.45, 2.75) is 38.1 Å². The Morgan fingerprint density at radius 1 is 1.31 bits per heavy atom. The molecule has 1 fully saturated rings. The number of benzene rings is 1. The van der Waals surface area contributed by atoms with Crippen molar-refractivity contribution in [2.75, 3.05) is 33.3 Å². The predicted octanol–water partition coefficient (Wildman–Crippen LogP) is 2.73. The fourth-order valence-corrected chi connectivity index (χ4v) is 3.57. The number of guanidine groups is 1. The van der Waals surface area contributed by atoms with E-state index in [0.29, 0.717) is 18.6 Å². The molecule has 6 nitrogen and oxygen atoms in total. The van der Waals surface area contributed by atoms with Gasteiger partial charge in [-0.25, -0.2) is 4.79 Å². The SMILES string of the molecule is CCOC(=O)N1CCC(NC(=NC)NCC2Cc3ccccc32)CC1.I. The van der Waals surface area contributed by atoms with Gasteiger partial charge in [0.1, 0.15) is 0 Å². The van der Waals surface area contributed by atoms with Crippen LogP contribution in [-0.2, 0) is 11.2 Å². The summed E-state index contributed by atoms with van der Waals surface area (Å²) in [4.78, 5) is 17.9. The second-order valence-corrected chi connectivity index (χ2v) is 6.66. The maximum absolute atomic E-state index is 11.7. The van der Waals surface area contributed by atoms with E-state index in [0.717, 1.165) is 44.9 Å². The topological polar surface area (TPSA) is 66.0 Å². The molecule has 1 unspecified atom stereocenters. The molecule has 1 saturated heterocycles. The molecule has 2 N–H and O–H groups in total. The van der Waals surface area contributed by atoms with E-state index in [1.54, 1.807) is 11.9 Å². The smallest absolute Gasteiger partial charge is 0.409 e. The van der Waals surface area contributed by atoms with Crippen LogP contribution in [0, 0.1) is 0 Å². The van der Waals surface area contributed by atoms with E-state index in [2.05, 4.69) is 39.9 Å². The Morgan fingerprint density at radius 2 is 2.04 bits per heavy atom. The lowest BCUT2D eigenvalue weighted by Crippen LogP contribution is -2.50. The Bertz CT molecular complexity index is 630. The highest BCUT2D eigenvalue weighted by molar-refractivity contribution is 14.0. The van der Waals surface area contributed by atoms with Crippen molar-refractivity contribution in [2.24, 2.45) is 4.99 Å². The molecule has 1 atom stereocenters. The molecule has 3 rings (SSSR count). The van der Waals surface area contributed by atoms with E-state index < -0.39 is 0 Å². The number of nitrogens with one attached hydrogen (secondary N) is 2. The van der Waals surface area contributed by atoms with Gasteiger partial charge in [-0.15, -0.1) is 24.0 Å². The summed E-state index contributed by atoms with van der Waals surface area (Å²) >= 11 is 0. The lowest BCUT2D eigenvalue weighted by atomic mass is 9.78. The number of nitrogens with zero attached hydrogens (tertiary/aromatic N) is 2. The van der Waals surface area contributed by atoms with Crippen LogP contribution in [0.2, 0.25) is 0 Å². The number of hydrogen-bond donors (Lipinski definition) is 2. The predicted molar refractivity (Wildman–Crippen MR) is 114 cm³/mol. The number of ether oxygens (including phenoxy) is 1. The van der Waals surface area contributed by atoms with Crippen LogP contribution >= 0.6 is 24.0 Å². The van der Waals surface area contributed by atoms with E-state index in [9.17, 15) is 4.79 Å². The number of amides is 1. The second kappa shape index (κ2) is 9.99. The Balaban J connectivity index is 0.00000243. The second-order valence-electron chi connectivity index (χ2n) is 6.66. The highest BCUT2D eigenvalue weighted by Gasteiger charge is 2.26. The average Bonchev–Trinajstić information content (AvgIpc) is 2.62. The first-order valence-corrected chi connectivity index (χ1v) is 9.18. The Hall–Kier alpha value is -1.51. The standard InChI is InChI=1S/C19H28N4O2.HI/c1-3-25-19(24)23-10-8-16(9-11-23)22-18(20-2)21-13-15-12-14-6-4-5-7-17(14)15;/h4-7,15-16H,3,8-13H2,1-2H3,(H2,20,21,22);1H. The van der Waals surface area contributed by atoms with Crippen LogP contribution in [0.4, 0.5) is 4.79 Å². The first-order valence-electron chi connectivity index (χ1n) is 9.18. The van der Waals surface area contributed by atoms with Crippen molar-refractivity contribution >= 4 is 36.0 Å². The van der Waals surface area contributed by atoms with Gasteiger partial charge in [0.2, 0.25) is 0 Å². The van der Waals surface area contributed by atoms with Crippen molar-refractivity contribution < 1.29 is 9.53 Å². The number of likely N-dealkylation sites (tertiary alicyclic amines) is 1. The van der Waals surface area contributed by atoms with E-state index in [1.165, 1.54) is 11.1 Å². The van der Waals surface area contributed by atoms with Crippen molar-refractivity contribution in [1.82, 2.24) is 15.5 Å². The average molecular weight is 472 g/mol. The summed E-state index contributed by atoms with van der Waals surface area (Å²) in [6.07, 6.45) is 2.75. The Labute approximate surface area is 172 Å². The molecular formula is C19H29IN4O2. The van der Waals surface area contributed by atoms with Gasteiger partial charge >= 0.3 is 6.09 Å². The van der Waals surface area contributed by atoms with Gasteiger partial charge < -0.3 is 20.3 Å². The molecule has 2 aliphatic rings. The first-order chi connectivity index (χ1) is 12.2. The number of piperidine rings is 1. The number of carbonyl (C=O) groups excluding carboxylic acids is 1. The molecule has 144 valence electrons. The first kappa shape index (κ1) is 20.8. The highest BCUT2D eigenvalue weighted by atomic mass is 127. The van der Waals surface area contributed by atoms with Gasteiger partial charge in [-0.05, 0) is 37.3 Å². The fraction of sp³-hybridized carbons (Fsp3) is 0.579. The molecule has 1 heterocycles. The van der Waals surface area contributed by atoms with E-state index in [1.807, 2.05) is 6.92 Å². The molecule has 0 aromatic heterocycles. The maximum Gasteiger partial charge on any atom is 0.409 e. The van der Waals surface area contributed by atoms with Gasteiger partial charge in [-0.3, -0.25) is 4.99 Å². The van der Waals surface area contributed by atoms with Gasteiger partial charge in [-0.1, -0.05) is 24.3 Å². The van der Waals surface area contributed by atoms with Crippen molar-refractivity contribution in [1.29, 1.82) is 0 Å². The molecule has 1 aliphatic carbocycles. The number of rotatable bonds is 4. The third kappa shape index (κ3) is 5.02. The zero-order valence-electron chi connectivity index (χ0n) is 15.5. The minimum absolute atomic E-state index is 0. The van der Waals surface area contributed by atoms with E-state index in [4.69, 9.17) is 4.74 Å². The minimum Gasteiger partial charge on any atom is -0.450 e. The van der Waals surface area contributed by atoms with Crippen molar-refractivity contribution in [3.63, 3.8) is 0 Å². The zero-order chi connectivity index (χ0) is 17.6. The summed E-state index contributed by atoms with van der Waals surface area (Å²) < 4.78 is 5.06. The van der Waals surface area contributed by atoms with Crippen LogP contribution in [0.15, 0.2) is 29.3 Å². The molecule has 1 aromatic carbocycles. The molecule has 1 aromatic rings. The molecule has 0 saturated carbocycles. The third-order valence-electron chi connectivity index (χ3n) is 5.06. The van der Waals surface area contributed by atoms with E-state index >= 15 is 0 Å². The van der Waals surface area contributed by atoms with Gasteiger partial charge in [0, 0.05) is 38.6 Å². The van der Waals surface area contributed by atoms with Crippen LogP contribution in [-0.4, -0.2) is 56.3 Å². The monoisotopic (exact) mass is 472 g/mol. The van der Waals surface area contributed by atoms with Gasteiger partial charge in [-0.2, -0.15) is 0 Å². The Morgan fingerprint density at radius 3 is 2.69 bits per heavy atom. The molecule has 26 heavy (non-hydrogen) atoms. The molecule has 0 spiro atoms. The molecule has 0 radical (unpaired) electrons. The summed E-state index contributed by atoms with van der Waals surface area (Å²) in [6, 6.07) is 8.97. The third-order valence-corrected chi connectivity index (χ3v) is 5.06. The highest BCUT2D eigenvalue weighted by Crippen LogP contribution is 2.33. The number of aliphatic imine (C=N–C) groups is 1. The summed E-state index contributed by atoms with van der Waals surface area (Å²) in [6.45, 7) is 4.62. The summed E-state index contributed by atoms with van der Waals surface area (Å²) in [5.41, 5.74) is 2.91. The van der Waals surface area contributed by atoms with Crippen LogP contribution in [0.5, 0.6) is 0 Å². The summed E-state index contributed by atoms with van der Waals surface area (Å²) in [5, 5.41) is 6.93. The van der Waals surface area contributed by atoms with Gasteiger partial charge in [0.15, 0.2) is 5.96 Å². The molecule has 7 heteroatoms. The zero-order valence-corrected chi connectivity index (χ0v) is 17.9.